The number of rotatable bonds is 4. The van der Waals surface area contributed by atoms with E-state index in [2.05, 4.69) is 9.73 Å². The molecular weight excluding hydrogens is 330 g/mol. The zero-order valence-electron chi connectivity index (χ0n) is 12.6. The predicted molar refractivity (Wildman–Crippen MR) is 84.8 cm³/mol. The van der Waals surface area contributed by atoms with Crippen LogP contribution in [0.3, 0.4) is 0 Å². The SMILES string of the molecule is N#Cc1ccc(C=C2N=C(c3cccc(OC(F)F)c3)OC2=O)cc1. The molecule has 2 aromatic rings. The number of hydrogen-bond donors (Lipinski definition) is 0. The van der Waals surface area contributed by atoms with Gasteiger partial charge in [-0.2, -0.15) is 14.0 Å². The highest BCUT2D eigenvalue weighted by molar-refractivity contribution is 6.12. The second kappa shape index (κ2) is 6.93. The molecule has 0 fully saturated rings. The van der Waals surface area contributed by atoms with Crippen LogP contribution < -0.4 is 4.74 Å². The van der Waals surface area contributed by atoms with E-state index in [0.29, 0.717) is 16.7 Å². The number of cyclic esters (lactones) is 1. The molecule has 0 saturated heterocycles. The number of alkyl halides is 2. The van der Waals surface area contributed by atoms with Gasteiger partial charge in [0.25, 0.3) is 0 Å². The molecule has 1 heterocycles. The van der Waals surface area contributed by atoms with Crippen LogP contribution in [-0.2, 0) is 9.53 Å². The van der Waals surface area contributed by atoms with Crippen molar-refractivity contribution in [2.24, 2.45) is 4.99 Å². The standard InChI is InChI=1S/C18H10F2N2O3/c19-18(20)24-14-3-1-2-13(9-14)16-22-15(17(23)25-16)8-11-4-6-12(10-21)7-5-11/h1-9,18H. The van der Waals surface area contributed by atoms with Gasteiger partial charge in [-0.05, 0) is 42.0 Å². The van der Waals surface area contributed by atoms with E-state index in [4.69, 9.17) is 10.00 Å². The number of carbonyl (C=O) groups excluding carboxylic acids is 1. The van der Waals surface area contributed by atoms with Crippen molar-refractivity contribution in [2.75, 3.05) is 0 Å². The number of hydrogen-bond acceptors (Lipinski definition) is 5. The Hall–Kier alpha value is -3.53. The summed E-state index contributed by atoms with van der Waals surface area (Å²) < 4.78 is 34.0. The van der Waals surface area contributed by atoms with E-state index in [-0.39, 0.29) is 17.3 Å². The molecule has 0 aromatic heterocycles. The smallest absolute Gasteiger partial charge is 0.387 e. The second-order valence-corrected chi connectivity index (χ2v) is 4.98. The lowest BCUT2D eigenvalue weighted by molar-refractivity contribution is -0.129. The summed E-state index contributed by atoms with van der Waals surface area (Å²) >= 11 is 0. The predicted octanol–water partition coefficient (Wildman–Crippen LogP) is 3.50. The lowest BCUT2D eigenvalue weighted by Crippen LogP contribution is -2.07. The van der Waals surface area contributed by atoms with Gasteiger partial charge in [0.05, 0.1) is 11.6 Å². The van der Waals surface area contributed by atoms with Gasteiger partial charge in [-0.25, -0.2) is 9.79 Å². The van der Waals surface area contributed by atoms with Gasteiger partial charge in [0.15, 0.2) is 5.70 Å². The number of ether oxygens (including phenoxy) is 2. The summed E-state index contributed by atoms with van der Waals surface area (Å²) in [7, 11) is 0. The van der Waals surface area contributed by atoms with Crippen molar-refractivity contribution >= 4 is 17.9 Å². The molecule has 1 aliphatic heterocycles. The van der Waals surface area contributed by atoms with Crippen LogP contribution in [0.15, 0.2) is 59.2 Å². The first-order valence-corrected chi connectivity index (χ1v) is 7.13. The third-order valence-electron chi connectivity index (χ3n) is 3.27. The second-order valence-electron chi connectivity index (χ2n) is 4.98. The normalized spacial score (nSPS) is 15.0. The molecule has 0 saturated carbocycles. The minimum absolute atomic E-state index is 0.00427. The van der Waals surface area contributed by atoms with E-state index in [0.717, 1.165) is 0 Å². The van der Waals surface area contributed by atoms with Crippen LogP contribution in [0.1, 0.15) is 16.7 Å². The van der Waals surface area contributed by atoms with Crippen LogP contribution in [0, 0.1) is 11.3 Å². The quantitative estimate of drug-likeness (QED) is 0.631. The first kappa shape index (κ1) is 16.3. The van der Waals surface area contributed by atoms with Gasteiger partial charge in [-0.15, -0.1) is 0 Å². The average Bonchev–Trinajstić information content (AvgIpc) is 2.96. The summed E-state index contributed by atoms with van der Waals surface area (Å²) in [4.78, 5) is 16.0. The number of benzene rings is 2. The highest BCUT2D eigenvalue weighted by atomic mass is 19.3. The lowest BCUT2D eigenvalue weighted by atomic mass is 10.1. The Morgan fingerprint density at radius 3 is 2.64 bits per heavy atom. The van der Waals surface area contributed by atoms with Crippen LogP contribution in [0.4, 0.5) is 8.78 Å². The van der Waals surface area contributed by atoms with Crippen molar-refractivity contribution in [3.05, 3.63) is 70.9 Å². The Kier molecular flexibility index (Phi) is 4.53. The third-order valence-corrected chi connectivity index (χ3v) is 3.27. The largest absolute Gasteiger partial charge is 0.435 e. The van der Waals surface area contributed by atoms with E-state index in [9.17, 15) is 13.6 Å². The summed E-state index contributed by atoms with van der Waals surface area (Å²) in [6.45, 7) is -2.95. The molecule has 0 N–H and O–H groups in total. The maximum absolute atomic E-state index is 12.3. The van der Waals surface area contributed by atoms with Crippen molar-refractivity contribution in [1.82, 2.24) is 0 Å². The molecule has 5 nitrogen and oxygen atoms in total. The fourth-order valence-electron chi connectivity index (χ4n) is 2.15. The molecule has 0 radical (unpaired) electrons. The molecule has 0 unspecified atom stereocenters. The number of aliphatic imine (C=N–C) groups is 1. The van der Waals surface area contributed by atoms with Gasteiger partial charge in [-0.3, -0.25) is 0 Å². The van der Waals surface area contributed by atoms with Gasteiger partial charge in [0.1, 0.15) is 5.75 Å². The minimum atomic E-state index is -2.95. The maximum atomic E-state index is 12.3. The van der Waals surface area contributed by atoms with E-state index in [1.54, 1.807) is 30.3 Å². The van der Waals surface area contributed by atoms with Gasteiger partial charge in [0.2, 0.25) is 5.90 Å². The Morgan fingerprint density at radius 2 is 1.96 bits per heavy atom. The molecule has 0 bridgehead atoms. The molecular formula is C18H10F2N2O3. The number of nitriles is 1. The van der Waals surface area contributed by atoms with E-state index >= 15 is 0 Å². The zero-order valence-corrected chi connectivity index (χ0v) is 12.6. The molecule has 2 aromatic carbocycles. The van der Waals surface area contributed by atoms with Crippen molar-refractivity contribution in [1.29, 1.82) is 5.26 Å². The van der Waals surface area contributed by atoms with Crippen molar-refractivity contribution in [3.63, 3.8) is 0 Å². The topological polar surface area (TPSA) is 71.7 Å². The summed E-state index contributed by atoms with van der Waals surface area (Å²) in [6, 6.07) is 14.3. The molecule has 0 aliphatic carbocycles. The summed E-state index contributed by atoms with van der Waals surface area (Å²) in [5.74, 6) is -0.708. The first-order chi connectivity index (χ1) is 12.0. The molecule has 0 amide bonds. The monoisotopic (exact) mass is 340 g/mol. The Labute approximate surface area is 141 Å². The molecule has 0 spiro atoms. The fourth-order valence-corrected chi connectivity index (χ4v) is 2.15. The minimum Gasteiger partial charge on any atom is -0.435 e. The van der Waals surface area contributed by atoms with Gasteiger partial charge in [0, 0.05) is 5.56 Å². The summed E-state index contributed by atoms with van der Waals surface area (Å²) in [5, 5.41) is 8.77. The Bertz CT molecular complexity index is 913. The molecule has 124 valence electrons. The molecule has 0 atom stereocenters. The van der Waals surface area contributed by atoms with Gasteiger partial charge < -0.3 is 9.47 Å². The fraction of sp³-hybridized carbons (Fsp3) is 0.0556. The third kappa shape index (κ3) is 3.87. The number of esters is 1. The maximum Gasteiger partial charge on any atom is 0.387 e. The summed E-state index contributed by atoms with van der Waals surface area (Å²) in [5.41, 5.74) is 1.58. The number of carbonyl (C=O) groups is 1. The van der Waals surface area contributed by atoms with E-state index in [1.807, 2.05) is 6.07 Å². The van der Waals surface area contributed by atoms with E-state index in [1.165, 1.54) is 24.3 Å². The van der Waals surface area contributed by atoms with Crippen LogP contribution in [-0.4, -0.2) is 18.5 Å². The summed E-state index contributed by atoms with van der Waals surface area (Å²) in [6.07, 6.45) is 1.51. The van der Waals surface area contributed by atoms with Crippen LogP contribution >= 0.6 is 0 Å². The van der Waals surface area contributed by atoms with Gasteiger partial charge >= 0.3 is 12.6 Å². The number of nitrogens with zero attached hydrogens (tertiary/aromatic N) is 2. The Morgan fingerprint density at radius 1 is 1.20 bits per heavy atom. The van der Waals surface area contributed by atoms with E-state index < -0.39 is 12.6 Å². The number of halogens is 2. The van der Waals surface area contributed by atoms with Crippen molar-refractivity contribution in [2.45, 2.75) is 6.61 Å². The van der Waals surface area contributed by atoms with Crippen molar-refractivity contribution in [3.8, 4) is 11.8 Å². The van der Waals surface area contributed by atoms with Gasteiger partial charge in [-0.1, -0.05) is 18.2 Å². The van der Waals surface area contributed by atoms with Crippen LogP contribution in [0.2, 0.25) is 0 Å². The van der Waals surface area contributed by atoms with Crippen molar-refractivity contribution < 1.29 is 23.0 Å². The lowest BCUT2D eigenvalue weighted by Gasteiger charge is -2.05. The molecule has 25 heavy (non-hydrogen) atoms. The molecule has 7 heteroatoms. The highest BCUT2D eigenvalue weighted by Crippen LogP contribution is 2.22. The molecule has 3 rings (SSSR count). The zero-order chi connectivity index (χ0) is 17.8. The van der Waals surface area contributed by atoms with Crippen LogP contribution in [0.5, 0.6) is 5.75 Å². The average molecular weight is 340 g/mol. The highest BCUT2D eigenvalue weighted by Gasteiger charge is 2.24. The first-order valence-electron chi connectivity index (χ1n) is 7.13. The Balaban J connectivity index is 1.87. The van der Waals surface area contributed by atoms with Crippen LogP contribution in [0.25, 0.3) is 6.08 Å². The molecule has 1 aliphatic rings.